The standard InChI is InChI=1S/C12H18BrN3O/c13-10-7-14-11(15-8-10)16-9-12(17)5-3-1-2-4-6-12/h7-8,17H,1-6,9H2,(H,14,15,16). The van der Waals surface area contributed by atoms with Crippen LogP contribution in [-0.4, -0.2) is 27.2 Å². The molecule has 0 amide bonds. The zero-order chi connectivity index (χ0) is 12.1. The molecule has 1 aliphatic carbocycles. The Balaban J connectivity index is 1.89. The van der Waals surface area contributed by atoms with Crippen molar-refractivity contribution in [2.24, 2.45) is 0 Å². The minimum absolute atomic E-state index is 0.536. The molecule has 5 heteroatoms. The maximum atomic E-state index is 10.4. The van der Waals surface area contributed by atoms with Crippen molar-refractivity contribution in [2.45, 2.75) is 44.1 Å². The van der Waals surface area contributed by atoms with Crippen molar-refractivity contribution in [2.75, 3.05) is 11.9 Å². The van der Waals surface area contributed by atoms with Crippen molar-refractivity contribution in [1.29, 1.82) is 0 Å². The van der Waals surface area contributed by atoms with Crippen molar-refractivity contribution in [3.05, 3.63) is 16.9 Å². The average molecular weight is 300 g/mol. The molecular weight excluding hydrogens is 282 g/mol. The van der Waals surface area contributed by atoms with E-state index in [-0.39, 0.29) is 0 Å². The smallest absolute Gasteiger partial charge is 0.222 e. The molecule has 1 aromatic rings. The molecule has 2 rings (SSSR count). The van der Waals surface area contributed by atoms with Crippen LogP contribution in [-0.2, 0) is 0 Å². The van der Waals surface area contributed by atoms with Crippen LogP contribution in [0.4, 0.5) is 5.95 Å². The van der Waals surface area contributed by atoms with Crippen LogP contribution in [0, 0.1) is 0 Å². The number of aliphatic hydroxyl groups is 1. The lowest BCUT2D eigenvalue weighted by molar-refractivity contribution is 0.0379. The first kappa shape index (κ1) is 12.8. The van der Waals surface area contributed by atoms with Gasteiger partial charge in [-0.15, -0.1) is 0 Å². The third-order valence-electron chi connectivity index (χ3n) is 3.23. The molecule has 94 valence electrons. The summed E-state index contributed by atoms with van der Waals surface area (Å²) in [6.45, 7) is 0.536. The molecular formula is C12H18BrN3O. The highest BCUT2D eigenvalue weighted by Crippen LogP contribution is 2.27. The molecule has 0 atom stereocenters. The zero-order valence-electron chi connectivity index (χ0n) is 9.82. The van der Waals surface area contributed by atoms with Gasteiger partial charge < -0.3 is 10.4 Å². The van der Waals surface area contributed by atoms with E-state index in [1.165, 1.54) is 12.8 Å². The van der Waals surface area contributed by atoms with Crippen LogP contribution in [0.2, 0.25) is 0 Å². The van der Waals surface area contributed by atoms with Crippen molar-refractivity contribution >= 4 is 21.9 Å². The number of nitrogens with one attached hydrogen (secondary N) is 1. The van der Waals surface area contributed by atoms with Crippen LogP contribution < -0.4 is 5.32 Å². The van der Waals surface area contributed by atoms with Crippen LogP contribution in [0.25, 0.3) is 0 Å². The lowest BCUT2D eigenvalue weighted by atomic mass is 9.95. The summed E-state index contributed by atoms with van der Waals surface area (Å²) in [4.78, 5) is 8.27. The molecule has 17 heavy (non-hydrogen) atoms. The third kappa shape index (κ3) is 3.92. The lowest BCUT2D eigenvalue weighted by Gasteiger charge is -2.26. The first-order valence-electron chi connectivity index (χ1n) is 6.12. The summed E-state index contributed by atoms with van der Waals surface area (Å²) in [5.41, 5.74) is -0.590. The van der Waals surface area contributed by atoms with Crippen LogP contribution in [0.5, 0.6) is 0 Å². The molecule has 4 nitrogen and oxygen atoms in total. The van der Waals surface area contributed by atoms with Crippen LogP contribution in [0.1, 0.15) is 38.5 Å². The molecule has 1 heterocycles. The fourth-order valence-corrected chi connectivity index (χ4v) is 2.42. The maximum Gasteiger partial charge on any atom is 0.222 e. The van der Waals surface area contributed by atoms with Gasteiger partial charge in [0.25, 0.3) is 0 Å². The van der Waals surface area contributed by atoms with Crippen molar-refractivity contribution < 1.29 is 5.11 Å². The molecule has 0 spiro atoms. The van der Waals surface area contributed by atoms with E-state index in [4.69, 9.17) is 0 Å². The van der Waals surface area contributed by atoms with E-state index in [0.29, 0.717) is 12.5 Å². The Hall–Kier alpha value is -0.680. The van der Waals surface area contributed by atoms with Gasteiger partial charge in [0.05, 0.1) is 10.1 Å². The number of aromatic nitrogens is 2. The quantitative estimate of drug-likeness (QED) is 0.843. The van der Waals surface area contributed by atoms with Crippen LogP contribution in [0.3, 0.4) is 0 Å². The number of hydrogen-bond donors (Lipinski definition) is 2. The van der Waals surface area contributed by atoms with Gasteiger partial charge in [-0.1, -0.05) is 25.7 Å². The van der Waals surface area contributed by atoms with E-state index in [1.807, 2.05) is 0 Å². The minimum atomic E-state index is -0.590. The van der Waals surface area contributed by atoms with Gasteiger partial charge in [0.2, 0.25) is 5.95 Å². The molecule has 0 aliphatic heterocycles. The van der Waals surface area contributed by atoms with Crippen LogP contribution in [0.15, 0.2) is 16.9 Å². The largest absolute Gasteiger partial charge is 0.388 e. The highest BCUT2D eigenvalue weighted by atomic mass is 79.9. The topological polar surface area (TPSA) is 58.0 Å². The average Bonchev–Trinajstić information content (AvgIpc) is 2.54. The predicted molar refractivity (Wildman–Crippen MR) is 70.9 cm³/mol. The van der Waals surface area contributed by atoms with Gasteiger partial charge in [0.1, 0.15) is 0 Å². The van der Waals surface area contributed by atoms with Gasteiger partial charge in [-0.2, -0.15) is 0 Å². The Labute approximate surface area is 110 Å². The fraction of sp³-hybridized carbons (Fsp3) is 0.667. The molecule has 0 aromatic carbocycles. The summed E-state index contributed by atoms with van der Waals surface area (Å²) in [5.74, 6) is 0.575. The summed E-state index contributed by atoms with van der Waals surface area (Å²) in [6.07, 6.45) is 9.83. The minimum Gasteiger partial charge on any atom is -0.388 e. The molecule has 1 aromatic heterocycles. The second-order valence-electron chi connectivity index (χ2n) is 4.72. The second kappa shape index (κ2) is 5.78. The van der Waals surface area contributed by atoms with E-state index in [9.17, 15) is 5.11 Å². The molecule has 1 fully saturated rings. The third-order valence-corrected chi connectivity index (χ3v) is 3.64. The van der Waals surface area contributed by atoms with Crippen molar-refractivity contribution in [3.8, 4) is 0 Å². The molecule has 0 radical (unpaired) electrons. The predicted octanol–water partition coefficient (Wildman–Crippen LogP) is 2.74. The SMILES string of the molecule is OC1(CNc2ncc(Br)cn2)CCCCCC1. The van der Waals surface area contributed by atoms with Gasteiger partial charge in [-0.25, -0.2) is 9.97 Å². The second-order valence-corrected chi connectivity index (χ2v) is 5.63. The van der Waals surface area contributed by atoms with Crippen LogP contribution >= 0.6 is 15.9 Å². The Morgan fingerprint density at radius 2 is 1.76 bits per heavy atom. The highest BCUT2D eigenvalue weighted by molar-refractivity contribution is 9.10. The lowest BCUT2D eigenvalue weighted by Crippen LogP contribution is -2.36. The van der Waals surface area contributed by atoms with Gasteiger partial charge in [-0.3, -0.25) is 0 Å². The zero-order valence-corrected chi connectivity index (χ0v) is 11.4. The van der Waals surface area contributed by atoms with E-state index >= 15 is 0 Å². The Morgan fingerprint density at radius 3 is 2.35 bits per heavy atom. The Bertz CT molecular complexity index is 347. The Kier molecular flexibility index (Phi) is 4.34. The summed E-state index contributed by atoms with van der Waals surface area (Å²) >= 11 is 3.29. The van der Waals surface area contributed by atoms with Gasteiger partial charge in [0.15, 0.2) is 0 Å². The normalized spacial score (nSPS) is 19.6. The monoisotopic (exact) mass is 299 g/mol. The molecule has 2 N–H and O–H groups in total. The molecule has 0 bridgehead atoms. The first-order valence-corrected chi connectivity index (χ1v) is 6.91. The van der Waals surface area contributed by atoms with E-state index < -0.39 is 5.60 Å². The highest BCUT2D eigenvalue weighted by Gasteiger charge is 2.27. The molecule has 0 saturated heterocycles. The fourth-order valence-electron chi connectivity index (χ4n) is 2.21. The molecule has 1 saturated carbocycles. The number of rotatable bonds is 3. The number of anilines is 1. The Morgan fingerprint density at radius 1 is 1.18 bits per heavy atom. The van der Waals surface area contributed by atoms with Gasteiger partial charge >= 0.3 is 0 Å². The number of halogens is 1. The maximum absolute atomic E-state index is 10.4. The summed E-state index contributed by atoms with van der Waals surface area (Å²) in [7, 11) is 0. The summed E-state index contributed by atoms with van der Waals surface area (Å²) in [6, 6.07) is 0. The van der Waals surface area contributed by atoms with Gasteiger partial charge in [-0.05, 0) is 28.8 Å². The van der Waals surface area contributed by atoms with Crippen molar-refractivity contribution in [3.63, 3.8) is 0 Å². The molecule has 1 aliphatic rings. The van der Waals surface area contributed by atoms with Gasteiger partial charge in [0, 0.05) is 18.9 Å². The number of nitrogens with zero attached hydrogens (tertiary/aromatic N) is 2. The van der Waals surface area contributed by atoms with E-state index in [0.717, 1.165) is 30.2 Å². The molecule has 0 unspecified atom stereocenters. The summed E-state index contributed by atoms with van der Waals surface area (Å²) < 4.78 is 0.858. The number of hydrogen-bond acceptors (Lipinski definition) is 4. The van der Waals surface area contributed by atoms with Crippen molar-refractivity contribution in [1.82, 2.24) is 9.97 Å². The van der Waals surface area contributed by atoms with E-state index in [2.05, 4.69) is 31.2 Å². The first-order chi connectivity index (χ1) is 8.18. The van der Waals surface area contributed by atoms with E-state index in [1.54, 1.807) is 12.4 Å². The summed E-state index contributed by atoms with van der Waals surface area (Å²) in [5, 5.41) is 13.6.